The fraction of sp³-hybridized carbons (Fsp3) is 0.192. The van der Waals surface area contributed by atoms with Gasteiger partial charge >= 0.3 is 0 Å². The van der Waals surface area contributed by atoms with Crippen molar-refractivity contribution in [2.75, 3.05) is 0 Å². The van der Waals surface area contributed by atoms with E-state index in [0.29, 0.717) is 0 Å². The van der Waals surface area contributed by atoms with Crippen LogP contribution >= 0.6 is 11.3 Å². The third kappa shape index (κ3) is 3.72. The molecular weight excluding hydrogens is 657 g/mol. The fourth-order valence-corrected chi connectivity index (χ4v) is 14.0. The summed E-state index contributed by atoms with van der Waals surface area (Å²) < 4.78 is 2.72. The maximum atomic E-state index is 2.62. The van der Waals surface area contributed by atoms with E-state index < -0.39 is 0 Å². The van der Waals surface area contributed by atoms with Crippen LogP contribution in [-0.4, -0.2) is 0 Å². The predicted molar refractivity (Wildman–Crippen MR) is 226 cm³/mol. The number of hydrogen-bond acceptors (Lipinski definition) is 1. The molecule has 0 atom stereocenters. The molecule has 4 bridgehead atoms. The Kier molecular flexibility index (Phi) is 5.77. The maximum absolute atomic E-state index is 2.62. The Morgan fingerprint density at radius 2 is 1.02 bits per heavy atom. The van der Waals surface area contributed by atoms with E-state index in [1.165, 1.54) is 118 Å². The lowest BCUT2D eigenvalue weighted by atomic mass is 9.43. The maximum Gasteiger partial charge on any atom is 0.0434 e. The Balaban J connectivity index is 1.10. The first-order valence-corrected chi connectivity index (χ1v) is 20.6. The first-order valence-electron chi connectivity index (χ1n) is 19.8. The second-order valence-electron chi connectivity index (χ2n) is 16.8. The van der Waals surface area contributed by atoms with Crippen molar-refractivity contribution in [2.24, 2.45) is 23.7 Å². The molecule has 0 nitrogen and oxygen atoms in total. The summed E-state index contributed by atoms with van der Waals surface area (Å²) in [5, 5.41) is 10.9. The highest BCUT2D eigenvalue weighted by atomic mass is 32.1. The van der Waals surface area contributed by atoms with E-state index in [1.54, 1.807) is 11.1 Å². The summed E-state index contributed by atoms with van der Waals surface area (Å²) >= 11 is 1.93. The van der Waals surface area contributed by atoms with Crippen LogP contribution in [0.25, 0.3) is 85.9 Å². The average Bonchev–Trinajstić information content (AvgIpc) is 3.73. The van der Waals surface area contributed by atoms with Crippen molar-refractivity contribution < 1.29 is 0 Å². The minimum Gasteiger partial charge on any atom is -0.135 e. The van der Waals surface area contributed by atoms with Gasteiger partial charge in [-0.2, -0.15) is 0 Å². The Hall–Kier alpha value is -5.24. The molecule has 0 amide bonds. The molecule has 8 aromatic carbocycles. The molecular formula is C52H38S. The van der Waals surface area contributed by atoms with Gasteiger partial charge in [0.2, 0.25) is 0 Å². The van der Waals surface area contributed by atoms with Crippen molar-refractivity contribution >= 4 is 63.8 Å². The van der Waals surface area contributed by atoms with Gasteiger partial charge in [-0.05, 0) is 139 Å². The molecule has 5 aliphatic rings. The van der Waals surface area contributed by atoms with Crippen LogP contribution in [0.3, 0.4) is 0 Å². The van der Waals surface area contributed by atoms with Crippen molar-refractivity contribution in [3.63, 3.8) is 0 Å². The number of thiophene rings is 1. The molecule has 1 spiro atoms. The van der Waals surface area contributed by atoms with E-state index in [2.05, 4.69) is 146 Å². The van der Waals surface area contributed by atoms with Crippen molar-refractivity contribution in [1.29, 1.82) is 0 Å². The van der Waals surface area contributed by atoms with Gasteiger partial charge in [-0.1, -0.05) is 133 Å². The highest BCUT2D eigenvalue weighted by Crippen LogP contribution is 2.70. The molecule has 9 aromatic rings. The van der Waals surface area contributed by atoms with E-state index in [0.717, 1.165) is 23.7 Å². The Morgan fingerprint density at radius 3 is 1.75 bits per heavy atom. The summed E-state index contributed by atoms with van der Waals surface area (Å²) in [5.74, 6) is 3.35. The smallest absolute Gasteiger partial charge is 0.0434 e. The highest BCUT2D eigenvalue weighted by molar-refractivity contribution is 7.26. The lowest BCUT2D eigenvalue weighted by Crippen LogP contribution is -2.55. The number of hydrogen-bond donors (Lipinski definition) is 0. The van der Waals surface area contributed by atoms with Crippen LogP contribution in [0.5, 0.6) is 0 Å². The molecule has 53 heavy (non-hydrogen) atoms. The molecule has 14 rings (SSSR count). The van der Waals surface area contributed by atoms with Crippen molar-refractivity contribution in [3.05, 3.63) is 157 Å². The normalized spacial score (nSPS) is 23.9. The summed E-state index contributed by atoms with van der Waals surface area (Å²) in [5.41, 5.74) is 11.8. The standard InChI is InChI=1S/C52H38S/c1-3-14-40-38(12-1)48(39-13-2-4-15-41(39)49(40)44-17-9-16-43-37-11-6-8-19-47(37)53-51(43)44)33-21-20-32-22-23-42-36-10-5-7-18-46(36)52(50(42)45(32)29-33)34-25-30-24-31(27-34)28-35(52)26-30/h1-23,29-31,34-35H,24-28H2. The highest BCUT2D eigenvalue weighted by Gasteiger charge is 2.61. The SMILES string of the molecule is c1ccc2c(c1)-c1ccc3ccc(-c4c5ccccc5c(-c5cccc6c5sc5ccccc56)c5ccccc45)cc3c1C21C2CC3CC(C2)CC1C3. The first-order chi connectivity index (χ1) is 26.3. The Labute approximate surface area is 313 Å². The average molecular weight is 695 g/mol. The van der Waals surface area contributed by atoms with Crippen LogP contribution in [-0.2, 0) is 5.41 Å². The van der Waals surface area contributed by atoms with Crippen molar-refractivity contribution in [1.82, 2.24) is 0 Å². The third-order valence-corrected chi connectivity index (χ3v) is 15.6. The summed E-state index contributed by atoms with van der Waals surface area (Å²) in [6, 6.07) is 56.1. The predicted octanol–water partition coefficient (Wildman–Crippen LogP) is 14.6. The molecule has 0 aliphatic heterocycles. The second-order valence-corrected chi connectivity index (χ2v) is 17.8. The first kappa shape index (κ1) is 29.2. The largest absolute Gasteiger partial charge is 0.135 e. The summed E-state index contributed by atoms with van der Waals surface area (Å²) in [6.45, 7) is 0. The minimum absolute atomic E-state index is 0.133. The van der Waals surface area contributed by atoms with Gasteiger partial charge in [0, 0.05) is 31.2 Å². The quantitative estimate of drug-likeness (QED) is 0.158. The summed E-state index contributed by atoms with van der Waals surface area (Å²) in [6.07, 6.45) is 7.09. The number of fused-ring (bicyclic) bond motifs is 10. The van der Waals surface area contributed by atoms with Crippen molar-refractivity contribution in [2.45, 2.75) is 37.5 Å². The molecule has 0 radical (unpaired) electrons. The lowest BCUT2D eigenvalue weighted by molar-refractivity contribution is -0.0393. The van der Waals surface area contributed by atoms with Gasteiger partial charge < -0.3 is 0 Å². The lowest BCUT2D eigenvalue weighted by Gasteiger charge is -2.61. The van der Waals surface area contributed by atoms with E-state index in [9.17, 15) is 0 Å². The molecule has 1 heterocycles. The van der Waals surface area contributed by atoms with E-state index in [-0.39, 0.29) is 5.41 Å². The van der Waals surface area contributed by atoms with Crippen molar-refractivity contribution in [3.8, 4) is 33.4 Å². The molecule has 4 saturated carbocycles. The zero-order valence-electron chi connectivity index (χ0n) is 29.6. The van der Waals surface area contributed by atoms with Crippen LogP contribution in [0.2, 0.25) is 0 Å². The van der Waals surface area contributed by atoms with Crippen LogP contribution in [0, 0.1) is 23.7 Å². The zero-order valence-corrected chi connectivity index (χ0v) is 30.4. The minimum atomic E-state index is 0.133. The summed E-state index contributed by atoms with van der Waals surface area (Å²) in [7, 11) is 0. The van der Waals surface area contributed by atoms with Crippen LogP contribution in [0.1, 0.15) is 43.2 Å². The van der Waals surface area contributed by atoms with Gasteiger partial charge in [0.15, 0.2) is 0 Å². The monoisotopic (exact) mass is 694 g/mol. The van der Waals surface area contributed by atoms with Gasteiger partial charge in [-0.25, -0.2) is 0 Å². The summed E-state index contributed by atoms with van der Waals surface area (Å²) in [4.78, 5) is 0. The Bertz CT molecular complexity index is 2940. The number of rotatable bonds is 2. The fourth-order valence-electron chi connectivity index (χ4n) is 12.8. The topological polar surface area (TPSA) is 0 Å². The van der Waals surface area contributed by atoms with Gasteiger partial charge in [0.25, 0.3) is 0 Å². The molecule has 1 heteroatoms. The van der Waals surface area contributed by atoms with Crippen LogP contribution in [0.4, 0.5) is 0 Å². The van der Waals surface area contributed by atoms with Gasteiger partial charge in [-0.15, -0.1) is 11.3 Å². The molecule has 1 aromatic heterocycles. The molecule has 0 unspecified atom stereocenters. The molecule has 0 saturated heterocycles. The van der Waals surface area contributed by atoms with Crippen LogP contribution in [0.15, 0.2) is 146 Å². The molecule has 4 fully saturated rings. The second kappa shape index (κ2) is 10.5. The van der Waals surface area contributed by atoms with Gasteiger partial charge in [0.1, 0.15) is 0 Å². The van der Waals surface area contributed by atoms with Gasteiger partial charge in [-0.3, -0.25) is 0 Å². The molecule has 0 N–H and O–H groups in total. The van der Waals surface area contributed by atoms with E-state index in [1.807, 2.05) is 11.3 Å². The third-order valence-electron chi connectivity index (χ3n) is 14.4. The molecule has 5 aliphatic carbocycles. The molecule has 252 valence electrons. The zero-order chi connectivity index (χ0) is 34.4. The van der Waals surface area contributed by atoms with Gasteiger partial charge in [0.05, 0.1) is 0 Å². The van der Waals surface area contributed by atoms with E-state index in [4.69, 9.17) is 0 Å². The Morgan fingerprint density at radius 1 is 0.434 bits per heavy atom. The van der Waals surface area contributed by atoms with E-state index >= 15 is 0 Å². The van der Waals surface area contributed by atoms with Crippen LogP contribution < -0.4 is 0 Å². The number of benzene rings is 8.